The molecule has 6 heteroatoms. The Morgan fingerprint density at radius 2 is 1.94 bits per heavy atom. The normalized spacial score (nSPS) is 11.2. The summed E-state index contributed by atoms with van der Waals surface area (Å²) in [6.45, 7) is 7.01. The van der Waals surface area contributed by atoms with E-state index in [9.17, 15) is 9.59 Å². The molecule has 0 spiro atoms. The molecule has 16 heavy (non-hydrogen) atoms. The molecule has 0 fully saturated rings. The Morgan fingerprint density at radius 3 is 2.38 bits per heavy atom. The third-order valence-corrected chi connectivity index (χ3v) is 1.80. The highest BCUT2D eigenvalue weighted by Crippen LogP contribution is 2.13. The van der Waals surface area contributed by atoms with E-state index in [0.29, 0.717) is 5.69 Å². The lowest BCUT2D eigenvalue weighted by molar-refractivity contribution is 0.0870. The lowest BCUT2D eigenvalue weighted by Crippen LogP contribution is -2.41. The number of hydrogen-bond donors (Lipinski definition) is 2. The van der Waals surface area contributed by atoms with Crippen LogP contribution >= 0.6 is 0 Å². The fourth-order valence-corrected chi connectivity index (χ4v) is 1.21. The molecule has 0 bridgehead atoms. The summed E-state index contributed by atoms with van der Waals surface area (Å²) in [6.07, 6.45) is 0. The molecule has 88 valence electrons. The van der Waals surface area contributed by atoms with Crippen molar-refractivity contribution in [3.8, 4) is 0 Å². The first kappa shape index (κ1) is 12.2. The van der Waals surface area contributed by atoms with Gasteiger partial charge in [0.2, 0.25) is 5.76 Å². The maximum absolute atomic E-state index is 11.7. The molecule has 0 aromatic carbocycles. The Labute approximate surface area is 93.2 Å². The molecule has 0 aliphatic carbocycles. The second-order valence-corrected chi connectivity index (χ2v) is 4.54. The van der Waals surface area contributed by atoms with E-state index < -0.39 is 17.4 Å². The molecule has 1 aromatic rings. The quantitative estimate of drug-likeness (QED) is 0.770. The number of primary amides is 1. The van der Waals surface area contributed by atoms with Gasteiger partial charge in [0.05, 0.1) is 5.69 Å². The minimum absolute atomic E-state index is 0.0294. The second-order valence-electron chi connectivity index (χ2n) is 4.54. The van der Waals surface area contributed by atoms with Crippen LogP contribution < -0.4 is 11.1 Å². The van der Waals surface area contributed by atoms with E-state index in [1.807, 2.05) is 20.8 Å². The zero-order chi connectivity index (χ0) is 12.5. The van der Waals surface area contributed by atoms with Crippen molar-refractivity contribution in [2.24, 2.45) is 5.73 Å². The van der Waals surface area contributed by atoms with Crippen LogP contribution in [0.1, 0.15) is 47.4 Å². The highest BCUT2D eigenvalue weighted by molar-refractivity contribution is 6.05. The molecule has 0 aliphatic heterocycles. The van der Waals surface area contributed by atoms with Gasteiger partial charge >= 0.3 is 0 Å². The SMILES string of the molecule is Cc1noc(C(=O)NC(C)(C)C)c1C(N)=O. The summed E-state index contributed by atoms with van der Waals surface area (Å²) in [6, 6.07) is 0. The standard InChI is InChI=1S/C10H15N3O3/c1-5-6(8(11)14)7(16-13-5)9(15)12-10(2,3)4/h1-4H3,(H2,11,14)(H,12,15). The average molecular weight is 225 g/mol. The Bertz CT molecular complexity index is 429. The fraction of sp³-hybridized carbons (Fsp3) is 0.500. The number of rotatable bonds is 2. The zero-order valence-corrected chi connectivity index (χ0v) is 9.75. The summed E-state index contributed by atoms with van der Waals surface area (Å²) in [5, 5.41) is 6.22. The predicted molar refractivity (Wildman–Crippen MR) is 57.0 cm³/mol. The number of aryl methyl sites for hydroxylation is 1. The predicted octanol–water partition coefficient (Wildman–Crippen LogP) is 0.610. The highest BCUT2D eigenvalue weighted by atomic mass is 16.5. The van der Waals surface area contributed by atoms with Crippen molar-refractivity contribution in [3.63, 3.8) is 0 Å². The van der Waals surface area contributed by atoms with Gasteiger partial charge in [-0.3, -0.25) is 9.59 Å². The second kappa shape index (κ2) is 3.96. The van der Waals surface area contributed by atoms with E-state index in [1.54, 1.807) is 6.92 Å². The van der Waals surface area contributed by atoms with Gasteiger partial charge in [0.15, 0.2) is 0 Å². The number of carbonyl (C=O) groups is 2. The van der Waals surface area contributed by atoms with Crippen molar-refractivity contribution in [3.05, 3.63) is 17.0 Å². The van der Waals surface area contributed by atoms with Crippen LogP contribution in [0, 0.1) is 6.92 Å². The van der Waals surface area contributed by atoms with E-state index >= 15 is 0 Å². The molecule has 6 nitrogen and oxygen atoms in total. The largest absolute Gasteiger partial charge is 0.365 e. The molecule has 1 aromatic heterocycles. The number of nitrogens with one attached hydrogen (secondary N) is 1. The van der Waals surface area contributed by atoms with Gasteiger partial charge in [-0.1, -0.05) is 5.16 Å². The number of aromatic nitrogens is 1. The molecule has 2 amide bonds. The molecule has 0 unspecified atom stereocenters. The first-order valence-corrected chi connectivity index (χ1v) is 4.81. The van der Waals surface area contributed by atoms with Crippen LogP contribution in [0.4, 0.5) is 0 Å². The third-order valence-electron chi connectivity index (χ3n) is 1.80. The summed E-state index contributed by atoms with van der Waals surface area (Å²) in [4.78, 5) is 22.9. The van der Waals surface area contributed by atoms with Gasteiger partial charge in [-0.25, -0.2) is 0 Å². The van der Waals surface area contributed by atoms with Crippen LogP contribution in [-0.4, -0.2) is 22.5 Å². The topological polar surface area (TPSA) is 98.2 Å². The van der Waals surface area contributed by atoms with Crippen molar-refractivity contribution >= 4 is 11.8 Å². The molecule has 1 rings (SSSR count). The molecule has 3 N–H and O–H groups in total. The van der Waals surface area contributed by atoms with Crippen molar-refractivity contribution in [1.82, 2.24) is 10.5 Å². The van der Waals surface area contributed by atoms with Gasteiger partial charge in [0.1, 0.15) is 5.56 Å². The van der Waals surface area contributed by atoms with Crippen LogP contribution in [0.5, 0.6) is 0 Å². The third kappa shape index (κ3) is 2.59. The van der Waals surface area contributed by atoms with Gasteiger partial charge in [-0.15, -0.1) is 0 Å². The number of hydrogen-bond acceptors (Lipinski definition) is 4. The van der Waals surface area contributed by atoms with Crippen molar-refractivity contribution < 1.29 is 14.1 Å². The van der Waals surface area contributed by atoms with E-state index in [2.05, 4.69) is 10.5 Å². The highest BCUT2D eigenvalue weighted by Gasteiger charge is 2.26. The van der Waals surface area contributed by atoms with E-state index in [-0.39, 0.29) is 11.3 Å². The number of nitrogens with zero attached hydrogens (tertiary/aromatic N) is 1. The fourth-order valence-electron chi connectivity index (χ4n) is 1.21. The van der Waals surface area contributed by atoms with Gasteiger partial charge < -0.3 is 15.6 Å². The summed E-state index contributed by atoms with van der Waals surface area (Å²) in [5.74, 6) is -1.36. The monoisotopic (exact) mass is 225 g/mol. The molecule has 0 radical (unpaired) electrons. The molecule has 0 atom stereocenters. The van der Waals surface area contributed by atoms with Crippen LogP contribution in [0.2, 0.25) is 0 Å². The van der Waals surface area contributed by atoms with Crippen molar-refractivity contribution in [2.75, 3.05) is 0 Å². The minimum atomic E-state index is -0.724. The summed E-state index contributed by atoms with van der Waals surface area (Å²) in [7, 11) is 0. The molecular weight excluding hydrogens is 210 g/mol. The van der Waals surface area contributed by atoms with Gasteiger partial charge in [0, 0.05) is 5.54 Å². The Morgan fingerprint density at radius 1 is 1.38 bits per heavy atom. The van der Waals surface area contributed by atoms with Crippen LogP contribution in [0.3, 0.4) is 0 Å². The average Bonchev–Trinajstić information content (AvgIpc) is 2.43. The number of amides is 2. The van der Waals surface area contributed by atoms with Crippen LogP contribution in [0.25, 0.3) is 0 Å². The Balaban J connectivity index is 3.05. The van der Waals surface area contributed by atoms with Gasteiger partial charge in [-0.2, -0.15) is 0 Å². The summed E-state index contributed by atoms with van der Waals surface area (Å²) in [5.41, 5.74) is 5.06. The van der Waals surface area contributed by atoms with E-state index in [4.69, 9.17) is 10.3 Å². The number of carbonyl (C=O) groups excluding carboxylic acids is 2. The molecule has 0 aliphatic rings. The van der Waals surface area contributed by atoms with Gasteiger partial charge in [-0.05, 0) is 27.7 Å². The first-order valence-electron chi connectivity index (χ1n) is 4.81. The lowest BCUT2D eigenvalue weighted by atomic mass is 10.1. The summed E-state index contributed by atoms with van der Waals surface area (Å²) >= 11 is 0. The molecule has 0 saturated carbocycles. The molecule has 0 saturated heterocycles. The smallest absolute Gasteiger partial charge is 0.291 e. The van der Waals surface area contributed by atoms with E-state index in [0.717, 1.165) is 0 Å². The Kier molecular flexibility index (Phi) is 3.02. The maximum atomic E-state index is 11.7. The van der Waals surface area contributed by atoms with Crippen LogP contribution in [-0.2, 0) is 0 Å². The molecular formula is C10H15N3O3. The van der Waals surface area contributed by atoms with Crippen molar-refractivity contribution in [2.45, 2.75) is 33.2 Å². The Hall–Kier alpha value is -1.85. The lowest BCUT2D eigenvalue weighted by Gasteiger charge is -2.19. The van der Waals surface area contributed by atoms with E-state index in [1.165, 1.54) is 0 Å². The number of nitrogens with two attached hydrogens (primary N) is 1. The first-order chi connectivity index (χ1) is 7.22. The minimum Gasteiger partial charge on any atom is -0.365 e. The van der Waals surface area contributed by atoms with Gasteiger partial charge in [0.25, 0.3) is 11.8 Å². The zero-order valence-electron chi connectivity index (χ0n) is 9.75. The van der Waals surface area contributed by atoms with Crippen LogP contribution in [0.15, 0.2) is 4.52 Å². The molecule has 1 heterocycles. The van der Waals surface area contributed by atoms with Crippen molar-refractivity contribution in [1.29, 1.82) is 0 Å². The summed E-state index contributed by atoms with van der Waals surface area (Å²) < 4.78 is 4.80. The maximum Gasteiger partial charge on any atom is 0.291 e.